The number of amides is 1. The number of hydrogen-bond acceptors (Lipinski definition) is 3. The van der Waals surface area contributed by atoms with Gasteiger partial charge in [-0.2, -0.15) is 5.10 Å². The summed E-state index contributed by atoms with van der Waals surface area (Å²) in [4.78, 5) is 13.9. The first-order valence-corrected chi connectivity index (χ1v) is 8.36. The summed E-state index contributed by atoms with van der Waals surface area (Å²) in [6.45, 7) is 7.23. The van der Waals surface area contributed by atoms with E-state index < -0.39 is 0 Å². The van der Waals surface area contributed by atoms with Crippen LogP contribution in [0, 0.1) is 0 Å². The standard InChI is InChI=1S/C19H24N4O/c1-4-18-7-5-16-11-15(6-8-19(16)23(18)14(2)24)17-12-21-22(13-17)10-9-20-3/h4,6,8,11-13,18,20H,1,5,7,9-10H2,2-3H3. The van der Waals surface area contributed by atoms with Gasteiger partial charge in [0.2, 0.25) is 5.91 Å². The quantitative estimate of drug-likeness (QED) is 0.860. The Labute approximate surface area is 143 Å². The van der Waals surface area contributed by atoms with E-state index in [1.165, 1.54) is 5.56 Å². The highest BCUT2D eigenvalue weighted by Gasteiger charge is 2.27. The lowest BCUT2D eigenvalue weighted by Gasteiger charge is -2.35. The van der Waals surface area contributed by atoms with Crippen molar-refractivity contribution in [1.29, 1.82) is 0 Å². The zero-order valence-electron chi connectivity index (χ0n) is 14.3. The molecule has 0 aliphatic carbocycles. The molecule has 1 aromatic carbocycles. The number of aryl methyl sites for hydroxylation is 1. The van der Waals surface area contributed by atoms with E-state index in [1.807, 2.05) is 35.0 Å². The van der Waals surface area contributed by atoms with E-state index in [2.05, 4.69) is 35.3 Å². The van der Waals surface area contributed by atoms with Crippen molar-refractivity contribution in [2.45, 2.75) is 32.4 Å². The first-order valence-electron chi connectivity index (χ1n) is 8.36. The molecular formula is C19H24N4O. The number of nitrogens with one attached hydrogen (secondary N) is 1. The number of carbonyl (C=O) groups is 1. The van der Waals surface area contributed by atoms with Gasteiger partial charge in [-0.05, 0) is 43.1 Å². The van der Waals surface area contributed by atoms with Crippen LogP contribution in [0.25, 0.3) is 11.1 Å². The van der Waals surface area contributed by atoms with Crippen LogP contribution in [0.5, 0.6) is 0 Å². The number of rotatable bonds is 5. The van der Waals surface area contributed by atoms with Crippen molar-refractivity contribution in [2.75, 3.05) is 18.5 Å². The molecule has 5 heteroatoms. The Kier molecular flexibility index (Phi) is 4.81. The van der Waals surface area contributed by atoms with Gasteiger partial charge in [0.05, 0.1) is 18.8 Å². The Bertz CT molecular complexity index is 750. The Morgan fingerprint density at radius 1 is 1.46 bits per heavy atom. The van der Waals surface area contributed by atoms with Crippen molar-refractivity contribution in [3.8, 4) is 11.1 Å². The molecule has 1 unspecified atom stereocenters. The zero-order chi connectivity index (χ0) is 17.1. The highest BCUT2D eigenvalue weighted by molar-refractivity contribution is 5.94. The topological polar surface area (TPSA) is 50.2 Å². The van der Waals surface area contributed by atoms with E-state index >= 15 is 0 Å². The fourth-order valence-corrected chi connectivity index (χ4v) is 3.30. The maximum atomic E-state index is 12.0. The third-order valence-corrected chi connectivity index (χ3v) is 4.55. The largest absolute Gasteiger partial charge is 0.318 e. The number of fused-ring (bicyclic) bond motifs is 1. The molecule has 1 aliphatic rings. The van der Waals surface area contributed by atoms with E-state index in [0.29, 0.717) is 0 Å². The summed E-state index contributed by atoms with van der Waals surface area (Å²) in [5.41, 5.74) is 4.47. The highest BCUT2D eigenvalue weighted by Crippen LogP contribution is 2.34. The van der Waals surface area contributed by atoms with Crippen LogP contribution in [0.3, 0.4) is 0 Å². The van der Waals surface area contributed by atoms with E-state index in [4.69, 9.17) is 0 Å². The van der Waals surface area contributed by atoms with Gasteiger partial charge in [-0.3, -0.25) is 9.48 Å². The van der Waals surface area contributed by atoms with Crippen LogP contribution >= 0.6 is 0 Å². The van der Waals surface area contributed by atoms with Crippen LogP contribution in [0.15, 0.2) is 43.2 Å². The lowest BCUT2D eigenvalue weighted by Crippen LogP contribution is -2.41. The Morgan fingerprint density at radius 2 is 2.29 bits per heavy atom. The molecule has 0 fully saturated rings. The van der Waals surface area contributed by atoms with E-state index in [0.717, 1.165) is 42.7 Å². The van der Waals surface area contributed by atoms with Crippen molar-refractivity contribution in [3.05, 3.63) is 48.8 Å². The number of hydrogen-bond donors (Lipinski definition) is 1. The lowest BCUT2D eigenvalue weighted by atomic mass is 9.93. The van der Waals surface area contributed by atoms with Gasteiger partial charge in [-0.25, -0.2) is 0 Å². The predicted molar refractivity (Wildman–Crippen MR) is 97.1 cm³/mol. The zero-order valence-corrected chi connectivity index (χ0v) is 14.3. The monoisotopic (exact) mass is 324 g/mol. The van der Waals surface area contributed by atoms with Crippen LogP contribution in [0.2, 0.25) is 0 Å². The van der Waals surface area contributed by atoms with Crippen molar-refractivity contribution >= 4 is 11.6 Å². The maximum Gasteiger partial charge on any atom is 0.224 e. The number of benzene rings is 1. The Hall–Kier alpha value is -2.40. The van der Waals surface area contributed by atoms with Gasteiger partial charge in [0.15, 0.2) is 0 Å². The summed E-state index contributed by atoms with van der Waals surface area (Å²) in [6.07, 6.45) is 7.70. The van der Waals surface area contributed by atoms with Crippen LogP contribution in [-0.4, -0.2) is 35.3 Å². The van der Waals surface area contributed by atoms with Gasteiger partial charge in [0.1, 0.15) is 0 Å². The minimum atomic E-state index is 0.0634. The molecule has 0 spiro atoms. The number of nitrogens with zero attached hydrogens (tertiary/aromatic N) is 3. The molecule has 126 valence electrons. The molecule has 5 nitrogen and oxygen atoms in total. The Morgan fingerprint density at radius 3 is 3.00 bits per heavy atom. The molecule has 0 saturated heterocycles. The minimum absolute atomic E-state index is 0.0634. The molecule has 24 heavy (non-hydrogen) atoms. The van der Waals surface area contributed by atoms with Crippen LogP contribution in [0.4, 0.5) is 5.69 Å². The molecule has 1 amide bonds. The van der Waals surface area contributed by atoms with Crippen LogP contribution in [0.1, 0.15) is 18.9 Å². The molecule has 1 aliphatic heterocycles. The summed E-state index contributed by atoms with van der Waals surface area (Å²) < 4.78 is 1.95. The van der Waals surface area contributed by atoms with Gasteiger partial charge < -0.3 is 10.2 Å². The van der Waals surface area contributed by atoms with Gasteiger partial charge >= 0.3 is 0 Å². The van der Waals surface area contributed by atoms with Crippen molar-refractivity contribution in [1.82, 2.24) is 15.1 Å². The second-order valence-electron chi connectivity index (χ2n) is 6.17. The lowest BCUT2D eigenvalue weighted by molar-refractivity contribution is -0.116. The average Bonchev–Trinajstić information content (AvgIpc) is 3.07. The van der Waals surface area contributed by atoms with Gasteiger partial charge in [0.25, 0.3) is 0 Å². The molecule has 0 radical (unpaired) electrons. The fraction of sp³-hybridized carbons (Fsp3) is 0.368. The fourth-order valence-electron chi connectivity index (χ4n) is 3.30. The normalized spacial score (nSPS) is 16.8. The second-order valence-corrected chi connectivity index (χ2v) is 6.17. The second kappa shape index (κ2) is 7.01. The maximum absolute atomic E-state index is 12.0. The van der Waals surface area contributed by atoms with E-state index in [1.54, 1.807) is 6.92 Å². The van der Waals surface area contributed by atoms with Crippen LogP contribution < -0.4 is 10.2 Å². The van der Waals surface area contributed by atoms with Crippen molar-refractivity contribution in [3.63, 3.8) is 0 Å². The number of carbonyl (C=O) groups excluding carboxylic acids is 1. The summed E-state index contributed by atoms with van der Waals surface area (Å²) in [6, 6.07) is 6.39. The number of aromatic nitrogens is 2. The van der Waals surface area contributed by atoms with E-state index in [9.17, 15) is 4.79 Å². The number of likely N-dealkylation sites (N-methyl/N-ethyl adjacent to an activating group) is 1. The molecule has 1 atom stereocenters. The molecule has 0 bridgehead atoms. The summed E-state index contributed by atoms with van der Waals surface area (Å²) in [7, 11) is 1.94. The Balaban J connectivity index is 1.90. The predicted octanol–water partition coefficient (Wildman–Crippen LogP) is 2.62. The van der Waals surface area contributed by atoms with Gasteiger partial charge in [-0.15, -0.1) is 6.58 Å². The summed E-state index contributed by atoms with van der Waals surface area (Å²) >= 11 is 0. The molecule has 2 aromatic rings. The summed E-state index contributed by atoms with van der Waals surface area (Å²) in [5.74, 6) is 0.0634. The average molecular weight is 324 g/mol. The molecule has 1 aromatic heterocycles. The molecule has 1 N–H and O–H groups in total. The molecule has 2 heterocycles. The van der Waals surface area contributed by atoms with Crippen molar-refractivity contribution in [2.24, 2.45) is 0 Å². The van der Waals surface area contributed by atoms with Gasteiger partial charge in [0, 0.05) is 30.9 Å². The smallest absolute Gasteiger partial charge is 0.224 e. The molecular weight excluding hydrogens is 300 g/mol. The number of anilines is 1. The minimum Gasteiger partial charge on any atom is -0.318 e. The third-order valence-electron chi connectivity index (χ3n) is 4.55. The SMILES string of the molecule is C=CC1CCc2cc(-c3cnn(CCNC)c3)ccc2N1C(C)=O. The summed E-state index contributed by atoms with van der Waals surface area (Å²) in [5, 5.41) is 7.53. The van der Waals surface area contributed by atoms with Crippen molar-refractivity contribution < 1.29 is 4.79 Å². The first kappa shape index (κ1) is 16.5. The third kappa shape index (κ3) is 3.12. The molecule has 0 saturated carbocycles. The van der Waals surface area contributed by atoms with E-state index in [-0.39, 0.29) is 11.9 Å². The van der Waals surface area contributed by atoms with Crippen LogP contribution in [-0.2, 0) is 17.8 Å². The van der Waals surface area contributed by atoms with Gasteiger partial charge in [-0.1, -0.05) is 12.1 Å². The highest BCUT2D eigenvalue weighted by atomic mass is 16.2. The first-order chi connectivity index (χ1) is 11.6. The molecule has 3 rings (SSSR count).